The Kier molecular flexibility index (Phi) is 4.62. The third kappa shape index (κ3) is 3.52. The van der Waals surface area contributed by atoms with Crippen LogP contribution in [0.25, 0.3) is 0 Å². The van der Waals surface area contributed by atoms with Gasteiger partial charge in [0.15, 0.2) is 0 Å². The summed E-state index contributed by atoms with van der Waals surface area (Å²) in [6.07, 6.45) is 1.64. The molecule has 1 N–H and O–H groups in total. The van der Waals surface area contributed by atoms with Crippen molar-refractivity contribution in [3.05, 3.63) is 29.6 Å². The molecule has 0 saturated heterocycles. The third-order valence-electron chi connectivity index (χ3n) is 1.75. The van der Waals surface area contributed by atoms with E-state index in [1.807, 2.05) is 12.1 Å². The van der Waals surface area contributed by atoms with Gasteiger partial charge in [0.1, 0.15) is 11.8 Å². The van der Waals surface area contributed by atoms with Crippen LogP contribution >= 0.6 is 0 Å². The summed E-state index contributed by atoms with van der Waals surface area (Å²) in [5, 5.41) is 11.8. The third-order valence-corrected chi connectivity index (χ3v) is 1.75. The number of ether oxygens (including phenoxy) is 1. The van der Waals surface area contributed by atoms with Gasteiger partial charge in [0.05, 0.1) is 6.61 Å². The lowest BCUT2D eigenvalue weighted by Gasteiger charge is -2.03. The Morgan fingerprint density at radius 3 is 3.21 bits per heavy atom. The van der Waals surface area contributed by atoms with Crippen LogP contribution in [0.1, 0.15) is 11.3 Å². The highest BCUT2D eigenvalue weighted by atomic mass is 16.5. The molecule has 4 heteroatoms. The van der Waals surface area contributed by atoms with E-state index in [1.54, 1.807) is 19.4 Å². The lowest BCUT2D eigenvalue weighted by Crippen LogP contribution is -2.18. The van der Waals surface area contributed by atoms with E-state index in [0.29, 0.717) is 12.3 Å². The van der Waals surface area contributed by atoms with Gasteiger partial charge in [-0.05, 0) is 17.7 Å². The molecule has 74 valence electrons. The van der Waals surface area contributed by atoms with Crippen LogP contribution in [0, 0.1) is 11.3 Å². The molecule has 4 nitrogen and oxygen atoms in total. The van der Waals surface area contributed by atoms with Crippen LogP contribution in [-0.2, 0) is 11.3 Å². The van der Waals surface area contributed by atoms with Gasteiger partial charge in [-0.1, -0.05) is 0 Å². The molecule has 1 aromatic heterocycles. The second kappa shape index (κ2) is 6.08. The quantitative estimate of drug-likeness (QED) is 0.696. The molecule has 0 amide bonds. The molecule has 0 aromatic carbocycles. The van der Waals surface area contributed by atoms with Crippen molar-refractivity contribution in [2.75, 3.05) is 20.3 Å². The maximum absolute atomic E-state index is 8.62. The highest BCUT2D eigenvalue weighted by molar-refractivity contribution is 5.25. The highest BCUT2D eigenvalue weighted by Gasteiger charge is 1.95. The fraction of sp³-hybridized carbons (Fsp3) is 0.400. The number of nitrogens with one attached hydrogen (secondary N) is 1. The minimum atomic E-state index is 0.455. The predicted molar refractivity (Wildman–Crippen MR) is 52.5 cm³/mol. The van der Waals surface area contributed by atoms with Crippen molar-refractivity contribution in [1.82, 2.24) is 10.3 Å². The van der Waals surface area contributed by atoms with Crippen molar-refractivity contribution in [3.63, 3.8) is 0 Å². The Bertz CT molecular complexity index is 319. The Morgan fingerprint density at radius 2 is 2.50 bits per heavy atom. The van der Waals surface area contributed by atoms with Crippen LogP contribution < -0.4 is 5.32 Å². The van der Waals surface area contributed by atoms with Crippen molar-refractivity contribution in [1.29, 1.82) is 5.26 Å². The number of nitriles is 1. The van der Waals surface area contributed by atoms with Crippen LogP contribution in [0.15, 0.2) is 18.3 Å². The summed E-state index contributed by atoms with van der Waals surface area (Å²) >= 11 is 0. The molecule has 0 atom stereocenters. The zero-order chi connectivity index (χ0) is 10.2. The summed E-state index contributed by atoms with van der Waals surface area (Å²) in [5.74, 6) is 0. The molecule has 0 radical (unpaired) electrons. The molecular formula is C10H13N3O. The molecule has 0 saturated carbocycles. The van der Waals surface area contributed by atoms with Crippen LogP contribution in [0.4, 0.5) is 0 Å². The zero-order valence-electron chi connectivity index (χ0n) is 8.16. The largest absolute Gasteiger partial charge is 0.383 e. The van der Waals surface area contributed by atoms with E-state index in [1.165, 1.54) is 0 Å². The average Bonchev–Trinajstić information content (AvgIpc) is 2.25. The minimum absolute atomic E-state index is 0.455. The molecule has 0 aliphatic rings. The molecule has 0 unspecified atom stereocenters. The van der Waals surface area contributed by atoms with Gasteiger partial charge in [0.25, 0.3) is 0 Å². The average molecular weight is 191 g/mol. The molecule has 0 fully saturated rings. The smallest absolute Gasteiger partial charge is 0.140 e. The molecule has 0 bridgehead atoms. The van der Waals surface area contributed by atoms with E-state index >= 15 is 0 Å². The maximum Gasteiger partial charge on any atom is 0.140 e. The highest BCUT2D eigenvalue weighted by Crippen LogP contribution is 1.99. The van der Waals surface area contributed by atoms with E-state index < -0.39 is 0 Å². The molecule has 0 aliphatic carbocycles. The normalized spacial score (nSPS) is 9.71. The van der Waals surface area contributed by atoms with E-state index in [-0.39, 0.29) is 0 Å². The van der Waals surface area contributed by atoms with Gasteiger partial charge in [0.2, 0.25) is 0 Å². The first-order chi connectivity index (χ1) is 6.86. The van der Waals surface area contributed by atoms with Gasteiger partial charge in [-0.15, -0.1) is 0 Å². The summed E-state index contributed by atoms with van der Waals surface area (Å²) in [6.45, 7) is 2.23. The minimum Gasteiger partial charge on any atom is -0.383 e. The molecule has 1 heterocycles. The first-order valence-electron chi connectivity index (χ1n) is 4.41. The number of methoxy groups -OCH3 is 1. The van der Waals surface area contributed by atoms with Crippen molar-refractivity contribution >= 4 is 0 Å². The lowest BCUT2D eigenvalue weighted by atomic mass is 10.2. The predicted octanol–water partition coefficient (Wildman–Crippen LogP) is 0.689. The van der Waals surface area contributed by atoms with Gasteiger partial charge in [0, 0.05) is 26.4 Å². The summed E-state index contributed by atoms with van der Waals surface area (Å²) < 4.78 is 4.90. The second-order valence-corrected chi connectivity index (χ2v) is 2.83. The Labute approximate surface area is 83.5 Å². The standard InChI is InChI=1S/C10H13N3O/c1-14-5-4-12-8-9-2-3-13-10(6-9)7-11/h2-3,6,12H,4-5,8H2,1H3. The van der Waals surface area contributed by atoms with Gasteiger partial charge in [-0.25, -0.2) is 4.98 Å². The van der Waals surface area contributed by atoms with E-state index in [0.717, 1.165) is 18.7 Å². The van der Waals surface area contributed by atoms with Crippen LogP contribution in [-0.4, -0.2) is 25.2 Å². The Hall–Kier alpha value is -1.44. The molecular weight excluding hydrogens is 178 g/mol. The van der Waals surface area contributed by atoms with Gasteiger partial charge in [-0.3, -0.25) is 0 Å². The van der Waals surface area contributed by atoms with Crippen molar-refractivity contribution in [2.24, 2.45) is 0 Å². The van der Waals surface area contributed by atoms with Crippen LogP contribution in [0.2, 0.25) is 0 Å². The lowest BCUT2D eigenvalue weighted by molar-refractivity contribution is 0.199. The first kappa shape index (κ1) is 10.6. The van der Waals surface area contributed by atoms with Crippen molar-refractivity contribution < 1.29 is 4.74 Å². The summed E-state index contributed by atoms with van der Waals surface area (Å²) in [7, 11) is 1.67. The number of nitrogens with zero attached hydrogens (tertiary/aromatic N) is 2. The van der Waals surface area contributed by atoms with Crippen molar-refractivity contribution in [3.8, 4) is 6.07 Å². The zero-order valence-corrected chi connectivity index (χ0v) is 8.16. The van der Waals surface area contributed by atoms with Gasteiger partial charge >= 0.3 is 0 Å². The molecule has 14 heavy (non-hydrogen) atoms. The number of rotatable bonds is 5. The SMILES string of the molecule is COCCNCc1ccnc(C#N)c1. The fourth-order valence-corrected chi connectivity index (χ4v) is 1.05. The van der Waals surface area contributed by atoms with E-state index in [4.69, 9.17) is 10.00 Å². The summed E-state index contributed by atoms with van der Waals surface area (Å²) in [4.78, 5) is 3.89. The maximum atomic E-state index is 8.62. The van der Waals surface area contributed by atoms with Crippen molar-refractivity contribution in [2.45, 2.75) is 6.54 Å². The number of pyridine rings is 1. The molecule has 0 spiro atoms. The van der Waals surface area contributed by atoms with Crippen LogP contribution in [0.3, 0.4) is 0 Å². The Balaban J connectivity index is 2.39. The molecule has 0 aliphatic heterocycles. The first-order valence-corrected chi connectivity index (χ1v) is 4.41. The topological polar surface area (TPSA) is 57.9 Å². The number of hydrogen-bond acceptors (Lipinski definition) is 4. The van der Waals surface area contributed by atoms with Gasteiger partial charge < -0.3 is 10.1 Å². The van der Waals surface area contributed by atoms with E-state index in [2.05, 4.69) is 10.3 Å². The Morgan fingerprint density at radius 1 is 1.64 bits per heavy atom. The molecule has 1 rings (SSSR count). The summed E-state index contributed by atoms with van der Waals surface area (Å²) in [5.41, 5.74) is 1.52. The molecule has 1 aromatic rings. The fourth-order valence-electron chi connectivity index (χ4n) is 1.05. The number of hydrogen-bond donors (Lipinski definition) is 1. The van der Waals surface area contributed by atoms with Crippen LogP contribution in [0.5, 0.6) is 0 Å². The summed E-state index contributed by atoms with van der Waals surface area (Å²) in [6, 6.07) is 5.67. The van der Waals surface area contributed by atoms with E-state index in [9.17, 15) is 0 Å². The number of aromatic nitrogens is 1. The van der Waals surface area contributed by atoms with Gasteiger partial charge in [-0.2, -0.15) is 5.26 Å². The second-order valence-electron chi connectivity index (χ2n) is 2.83. The monoisotopic (exact) mass is 191 g/mol.